The Labute approximate surface area is 109 Å². The van der Waals surface area contributed by atoms with Gasteiger partial charge < -0.3 is 10.5 Å². The fraction of sp³-hybridized carbons (Fsp3) is 0.308. The van der Waals surface area contributed by atoms with Crippen molar-refractivity contribution in [3.63, 3.8) is 0 Å². The lowest BCUT2D eigenvalue weighted by molar-refractivity contribution is 0.386. The van der Waals surface area contributed by atoms with Crippen LogP contribution in [0.3, 0.4) is 0 Å². The van der Waals surface area contributed by atoms with E-state index in [-0.39, 0.29) is 11.8 Å². The zero-order valence-corrected chi connectivity index (χ0v) is 11.3. The second kappa shape index (κ2) is 5.04. The molecule has 0 amide bonds. The van der Waals surface area contributed by atoms with Crippen LogP contribution in [0.15, 0.2) is 18.2 Å². The van der Waals surface area contributed by atoms with E-state index in [9.17, 15) is 4.39 Å². The van der Waals surface area contributed by atoms with Crippen LogP contribution in [0, 0.1) is 12.7 Å². The van der Waals surface area contributed by atoms with Crippen molar-refractivity contribution in [3.05, 3.63) is 33.9 Å². The van der Waals surface area contributed by atoms with Crippen LogP contribution in [0.25, 0.3) is 11.3 Å². The lowest BCUT2D eigenvalue weighted by Crippen LogP contribution is -2.04. The molecule has 3 nitrogen and oxygen atoms in total. The van der Waals surface area contributed by atoms with E-state index in [4.69, 9.17) is 10.5 Å². The number of nitrogens with zero attached hydrogens (tertiary/aromatic N) is 1. The van der Waals surface area contributed by atoms with Crippen LogP contribution in [0.5, 0.6) is 5.75 Å². The number of halogens is 1. The Kier molecular flexibility index (Phi) is 3.63. The summed E-state index contributed by atoms with van der Waals surface area (Å²) in [4.78, 5) is 5.40. The van der Waals surface area contributed by atoms with Crippen molar-refractivity contribution < 1.29 is 9.13 Å². The average molecular weight is 266 g/mol. The third-order valence-corrected chi connectivity index (χ3v) is 3.77. The van der Waals surface area contributed by atoms with Crippen molar-refractivity contribution in [2.75, 3.05) is 7.11 Å². The second-order valence-corrected chi connectivity index (χ2v) is 5.32. The molecule has 0 bridgehead atoms. The highest BCUT2D eigenvalue weighted by Crippen LogP contribution is 2.33. The number of aryl methyl sites for hydroxylation is 1. The molecule has 1 atom stereocenters. The van der Waals surface area contributed by atoms with Gasteiger partial charge in [0.1, 0.15) is 0 Å². The van der Waals surface area contributed by atoms with Gasteiger partial charge in [-0.05, 0) is 32.0 Å². The van der Waals surface area contributed by atoms with E-state index in [0.717, 1.165) is 21.1 Å². The number of benzene rings is 1. The molecule has 0 aliphatic heterocycles. The molecule has 2 aromatic rings. The predicted molar refractivity (Wildman–Crippen MR) is 71.4 cm³/mol. The Bertz CT molecular complexity index is 566. The Hall–Kier alpha value is -1.46. The molecule has 2 N–H and O–H groups in total. The van der Waals surface area contributed by atoms with E-state index in [1.165, 1.54) is 13.2 Å². The van der Waals surface area contributed by atoms with Crippen LogP contribution >= 0.6 is 11.3 Å². The topological polar surface area (TPSA) is 48.1 Å². The van der Waals surface area contributed by atoms with E-state index < -0.39 is 5.82 Å². The van der Waals surface area contributed by atoms with Crippen LogP contribution < -0.4 is 10.5 Å². The molecule has 1 aromatic carbocycles. The zero-order chi connectivity index (χ0) is 13.3. The molecule has 2 rings (SSSR count). The molecule has 1 aromatic heterocycles. The van der Waals surface area contributed by atoms with Crippen LogP contribution in [0.2, 0.25) is 0 Å². The Balaban J connectivity index is 2.51. The molecule has 5 heteroatoms. The van der Waals surface area contributed by atoms with E-state index >= 15 is 0 Å². The maximum absolute atomic E-state index is 13.7. The highest BCUT2D eigenvalue weighted by atomic mass is 32.1. The quantitative estimate of drug-likeness (QED) is 0.927. The van der Waals surface area contributed by atoms with Crippen LogP contribution in [-0.4, -0.2) is 12.1 Å². The normalized spacial score (nSPS) is 12.5. The van der Waals surface area contributed by atoms with E-state index in [1.807, 2.05) is 13.8 Å². The van der Waals surface area contributed by atoms with Crippen molar-refractivity contribution in [1.82, 2.24) is 4.98 Å². The number of rotatable bonds is 3. The fourth-order valence-corrected chi connectivity index (χ4v) is 2.67. The molecule has 0 radical (unpaired) electrons. The van der Waals surface area contributed by atoms with E-state index in [2.05, 4.69) is 4.98 Å². The van der Waals surface area contributed by atoms with Crippen LogP contribution in [-0.2, 0) is 0 Å². The molecule has 0 aliphatic carbocycles. The van der Waals surface area contributed by atoms with Crippen molar-refractivity contribution >= 4 is 11.3 Å². The van der Waals surface area contributed by atoms with Gasteiger partial charge in [-0.2, -0.15) is 0 Å². The number of thiazole rings is 1. The minimum atomic E-state index is -0.392. The Morgan fingerprint density at radius 2 is 2.17 bits per heavy atom. The summed E-state index contributed by atoms with van der Waals surface area (Å²) in [6.45, 7) is 3.82. The number of hydrogen-bond donors (Lipinski definition) is 1. The number of ether oxygens (including phenoxy) is 1. The van der Waals surface area contributed by atoms with Crippen LogP contribution in [0.1, 0.15) is 22.9 Å². The zero-order valence-electron chi connectivity index (χ0n) is 10.5. The van der Waals surface area contributed by atoms with E-state index in [1.54, 1.807) is 23.5 Å². The van der Waals surface area contributed by atoms with Gasteiger partial charge in [0.05, 0.1) is 17.8 Å². The molecule has 0 saturated carbocycles. The number of nitrogens with two attached hydrogens (primary N) is 1. The molecular weight excluding hydrogens is 251 g/mol. The third kappa shape index (κ3) is 2.37. The molecule has 0 aliphatic rings. The fourth-order valence-electron chi connectivity index (χ4n) is 1.77. The molecule has 18 heavy (non-hydrogen) atoms. The van der Waals surface area contributed by atoms with Crippen molar-refractivity contribution in [3.8, 4) is 17.0 Å². The molecule has 96 valence electrons. The second-order valence-electron chi connectivity index (χ2n) is 4.08. The third-order valence-electron chi connectivity index (χ3n) is 2.60. The maximum atomic E-state index is 13.7. The number of methoxy groups -OCH3 is 1. The molecule has 1 unspecified atom stereocenters. The molecule has 1 heterocycles. The average Bonchev–Trinajstić information content (AvgIpc) is 2.71. The summed E-state index contributed by atoms with van der Waals surface area (Å²) in [6, 6.07) is 4.71. The largest absolute Gasteiger partial charge is 0.494 e. The molecule has 0 saturated heterocycles. The van der Waals surface area contributed by atoms with Gasteiger partial charge in [0.2, 0.25) is 0 Å². The van der Waals surface area contributed by atoms with Crippen molar-refractivity contribution in [1.29, 1.82) is 0 Å². The van der Waals surface area contributed by atoms with Gasteiger partial charge in [-0.25, -0.2) is 9.37 Å². The Morgan fingerprint density at radius 1 is 1.44 bits per heavy atom. The van der Waals surface area contributed by atoms with Gasteiger partial charge >= 0.3 is 0 Å². The maximum Gasteiger partial charge on any atom is 0.165 e. The summed E-state index contributed by atoms with van der Waals surface area (Å²) in [5.74, 6) is -0.163. The highest BCUT2D eigenvalue weighted by molar-refractivity contribution is 7.12. The summed E-state index contributed by atoms with van der Waals surface area (Å²) in [5, 5.41) is 0.925. The number of aromatic nitrogens is 1. The van der Waals surface area contributed by atoms with Gasteiger partial charge in [-0.1, -0.05) is 0 Å². The van der Waals surface area contributed by atoms with Crippen molar-refractivity contribution in [2.45, 2.75) is 19.9 Å². The predicted octanol–water partition coefficient (Wildman–Crippen LogP) is 3.29. The number of hydrogen-bond acceptors (Lipinski definition) is 4. The minimum absolute atomic E-state index is 0.114. The lowest BCUT2D eigenvalue weighted by atomic mass is 10.1. The monoisotopic (exact) mass is 266 g/mol. The van der Waals surface area contributed by atoms with Gasteiger partial charge in [-0.15, -0.1) is 11.3 Å². The summed E-state index contributed by atoms with van der Waals surface area (Å²) in [7, 11) is 1.44. The first-order chi connectivity index (χ1) is 8.52. The summed E-state index contributed by atoms with van der Waals surface area (Å²) in [5.41, 5.74) is 7.40. The van der Waals surface area contributed by atoms with Crippen molar-refractivity contribution in [2.24, 2.45) is 5.73 Å². The molecule has 0 spiro atoms. The lowest BCUT2D eigenvalue weighted by Gasteiger charge is -2.07. The first kappa shape index (κ1) is 13.0. The van der Waals surface area contributed by atoms with Gasteiger partial charge in [0, 0.05) is 16.5 Å². The summed E-state index contributed by atoms with van der Waals surface area (Å²) in [6.07, 6.45) is 0. The molecule has 0 fully saturated rings. The van der Waals surface area contributed by atoms with Gasteiger partial charge in [0.15, 0.2) is 11.6 Å². The first-order valence-electron chi connectivity index (χ1n) is 5.59. The Morgan fingerprint density at radius 3 is 2.72 bits per heavy atom. The SMILES string of the molecule is COc1ccc(-c2nc(C)sc2C(C)N)cc1F. The van der Waals surface area contributed by atoms with Crippen LogP contribution in [0.4, 0.5) is 4.39 Å². The standard InChI is InChI=1S/C13H15FN2OS/c1-7(15)13-12(16-8(2)18-13)9-4-5-11(17-3)10(14)6-9/h4-7H,15H2,1-3H3. The van der Waals surface area contributed by atoms with Gasteiger partial charge in [-0.3, -0.25) is 0 Å². The smallest absolute Gasteiger partial charge is 0.165 e. The summed E-state index contributed by atoms with van der Waals surface area (Å²) >= 11 is 1.54. The molecular formula is C13H15FN2OS. The summed E-state index contributed by atoms with van der Waals surface area (Å²) < 4.78 is 18.6. The minimum Gasteiger partial charge on any atom is -0.494 e. The first-order valence-corrected chi connectivity index (χ1v) is 6.41. The van der Waals surface area contributed by atoms with E-state index in [0.29, 0.717) is 0 Å². The highest BCUT2D eigenvalue weighted by Gasteiger charge is 2.16. The van der Waals surface area contributed by atoms with Gasteiger partial charge in [0.25, 0.3) is 0 Å².